The first kappa shape index (κ1) is 20.4. The molecule has 0 saturated heterocycles. The van der Waals surface area contributed by atoms with Gasteiger partial charge in [0.2, 0.25) is 0 Å². The van der Waals surface area contributed by atoms with Gasteiger partial charge >= 0.3 is 0 Å². The second-order valence-corrected chi connectivity index (χ2v) is 9.53. The minimum Gasteiger partial charge on any atom is -0.346 e. The van der Waals surface area contributed by atoms with Crippen LogP contribution in [0.3, 0.4) is 0 Å². The van der Waals surface area contributed by atoms with Crippen molar-refractivity contribution in [1.82, 2.24) is 5.32 Å². The lowest BCUT2D eigenvalue weighted by Crippen LogP contribution is -2.29. The lowest BCUT2D eigenvalue weighted by molar-refractivity contribution is 0.0940. The summed E-state index contributed by atoms with van der Waals surface area (Å²) in [6.07, 6.45) is 0.553. The second kappa shape index (κ2) is 8.13. The van der Waals surface area contributed by atoms with Crippen LogP contribution in [0.25, 0.3) is 0 Å². The van der Waals surface area contributed by atoms with Crippen LogP contribution in [0.4, 0.5) is 5.69 Å². The highest BCUT2D eigenvalue weighted by Crippen LogP contribution is 2.34. The average Bonchev–Trinajstić information content (AvgIpc) is 3.18. The fourth-order valence-corrected chi connectivity index (χ4v) is 5.23. The number of rotatable bonds is 5. The van der Waals surface area contributed by atoms with Crippen LogP contribution in [0.5, 0.6) is 0 Å². The number of hydrogen-bond acceptors (Lipinski definition) is 3. The molecular weight excluding hydrogens is 420 g/mol. The molecule has 0 aromatic heterocycles. The highest BCUT2D eigenvalue weighted by atomic mass is 35.5. The summed E-state index contributed by atoms with van der Waals surface area (Å²) < 4.78 is 27.5. The highest BCUT2D eigenvalue weighted by molar-refractivity contribution is 7.92. The van der Waals surface area contributed by atoms with Crippen molar-refractivity contribution < 1.29 is 13.2 Å². The molecule has 0 unspecified atom stereocenters. The number of carbonyl (C=O) groups is 1. The van der Waals surface area contributed by atoms with Crippen molar-refractivity contribution in [2.45, 2.75) is 24.3 Å². The van der Waals surface area contributed by atoms with E-state index in [1.165, 1.54) is 16.4 Å². The molecule has 0 spiro atoms. The van der Waals surface area contributed by atoms with Crippen LogP contribution >= 0.6 is 11.6 Å². The summed E-state index contributed by atoms with van der Waals surface area (Å²) >= 11 is 5.88. The molecule has 154 valence electrons. The van der Waals surface area contributed by atoms with E-state index in [0.29, 0.717) is 29.2 Å². The molecule has 0 aliphatic carbocycles. The first-order valence-electron chi connectivity index (χ1n) is 9.63. The summed E-state index contributed by atoms with van der Waals surface area (Å²) in [7, 11) is -3.68. The Balaban J connectivity index is 1.55. The summed E-state index contributed by atoms with van der Waals surface area (Å²) in [6, 6.07) is 20.9. The number of hydrogen-bond donors (Lipinski definition) is 1. The summed E-state index contributed by atoms with van der Waals surface area (Å²) in [5.74, 6) is -0.187. The maximum atomic E-state index is 13.0. The van der Waals surface area contributed by atoms with E-state index in [0.717, 1.165) is 11.1 Å². The van der Waals surface area contributed by atoms with Crippen LogP contribution in [0.15, 0.2) is 77.7 Å². The van der Waals surface area contributed by atoms with Gasteiger partial charge in [-0.05, 0) is 66.9 Å². The molecule has 1 heterocycles. The maximum Gasteiger partial charge on any atom is 0.264 e. The maximum absolute atomic E-state index is 13.0. The Morgan fingerprint density at radius 2 is 1.73 bits per heavy atom. The van der Waals surface area contributed by atoms with Gasteiger partial charge in [-0.25, -0.2) is 8.42 Å². The molecule has 3 aromatic rings. The molecule has 1 N–H and O–H groups in total. The first-order chi connectivity index (χ1) is 14.4. The van der Waals surface area contributed by atoms with Crippen molar-refractivity contribution >= 4 is 33.2 Å². The number of nitrogens with one attached hydrogen (secondary N) is 1. The van der Waals surface area contributed by atoms with Crippen LogP contribution < -0.4 is 9.62 Å². The van der Waals surface area contributed by atoms with Gasteiger partial charge < -0.3 is 5.32 Å². The third-order valence-electron chi connectivity index (χ3n) is 5.24. The van der Waals surface area contributed by atoms with E-state index >= 15 is 0 Å². The highest BCUT2D eigenvalue weighted by Gasteiger charge is 2.31. The molecule has 30 heavy (non-hydrogen) atoms. The first-order valence-corrected chi connectivity index (χ1v) is 11.4. The Kier molecular flexibility index (Phi) is 5.54. The van der Waals surface area contributed by atoms with Gasteiger partial charge in [-0.15, -0.1) is 0 Å². The molecule has 1 atom stereocenters. The van der Waals surface area contributed by atoms with Crippen LogP contribution in [0, 0.1) is 0 Å². The largest absolute Gasteiger partial charge is 0.346 e. The monoisotopic (exact) mass is 440 g/mol. The van der Waals surface area contributed by atoms with Gasteiger partial charge in [0.05, 0.1) is 16.6 Å². The predicted molar refractivity (Wildman–Crippen MR) is 118 cm³/mol. The van der Waals surface area contributed by atoms with E-state index < -0.39 is 10.0 Å². The minimum atomic E-state index is -3.68. The van der Waals surface area contributed by atoms with E-state index in [1.807, 2.05) is 37.3 Å². The molecule has 1 aliphatic heterocycles. The summed E-state index contributed by atoms with van der Waals surface area (Å²) in [5, 5.41) is 3.48. The predicted octanol–water partition coefficient (Wildman–Crippen LogP) is 4.58. The molecule has 0 fully saturated rings. The Hall–Kier alpha value is -2.83. The lowest BCUT2D eigenvalue weighted by atomic mass is 10.1. The minimum absolute atomic E-state index is 0.131. The molecule has 0 radical (unpaired) electrons. The van der Waals surface area contributed by atoms with Crippen LogP contribution in [0.2, 0.25) is 5.02 Å². The van der Waals surface area contributed by atoms with Crippen LogP contribution in [-0.4, -0.2) is 20.9 Å². The van der Waals surface area contributed by atoms with E-state index in [-0.39, 0.29) is 16.8 Å². The fraction of sp³-hybridized carbons (Fsp3) is 0.174. The van der Waals surface area contributed by atoms with Crippen molar-refractivity contribution in [2.75, 3.05) is 10.8 Å². The molecule has 1 aliphatic rings. The molecule has 0 saturated carbocycles. The molecule has 1 amide bonds. The standard InChI is InChI=1S/C23H21ClN2O3S/c1-16(17-5-3-2-4-6-17)25-23(27)19-7-12-22-18(15-19)13-14-26(22)30(28,29)21-10-8-20(24)9-11-21/h2-12,15-16H,13-14H2,1H3,(H,25,27)/t16-/m0/s1. The number of carbonyl (C=O) groups excluding carboxylic acids is 1. The average molecular weight is 441 g/mol. The van der Waals surface area contributed by atoms with Crippen LogP contribution in [0.1, 0.15) is 34.5 Å². The number of nitrogens with zero attached hydrogens (tertiary/aromatic N) is 1. The zero-order chi connectivity index (χ0) is 21.3. The molecule has 4 rings (SSSR count). The normalized spacial score (nSPS) is 14.3. The van der Waals surface area contributed by atoms with Crippen molar-refractivity contribution in [3.05, 3.63) is 94.5 Å². The smallest absolute Gasteiger partial charge is 0.264 e. The van der Waals surface area contributed by atoms with E-state index in [2.05, 4.69) is 5.32 Å². The van der Waals surface area contributed by atoms with Crippen molar-refractivity contribution in [3.63, 3.8) is 0 Å². The van der Waals surface area contributed by atoms with E-state index in [4.69, 9.17) is 11.6 Å². The Labute approximate surface area is 181 Å². The van der Waals surface area contributed by atoms with Crippen molar-refractivity contribution in [3.8, 4) is 0 Å². The third kappa shape index (κ3) is 3.93. The number of benzene rings is 3. The topological polar surface area (TPSA) is 66.5 Å². The number of amides is 1. The number of fused-ring (bicyclic) bond motifs is 1. The fourth-order valence-electron chi connectivity index (χ4n) is 3.60. The van der Waals surface area contributed by atoms with Gasteiger partial charge in [-0.2, -0.15) is 0 Å². The van der Waals surface area contributed by atoms with Gasteiger partial charge in [0.25, 0.3) is 15.9 Å². The third-order valence-corrected chi connectivity index (χ3v) is 7.32. The van der Waals surface area contributed by atoms with Gasteiger partial charge in [0, 0.05) is 17.1 Å². The SMILES string of the molecule is C[C@H](NC(=O)c1ccc2c(c1)CCN2S(=O)(=O)c1ccc(Cl)cc1)c1ccccc1. The van der Waals surface area contributed by atoms with Crippen molar-refractivity contribution in [1.29, 1.82) is 0 Å². The Morgan fingerprint density at radius 3 is 2.43 bits per heavy atom. The van der Waals surface area contributed by atoms with Gasteiger partial charge in [0.1, 0.15) is 0 Å². The lowest BCUT2D eigenvalue weighted by Gasteiger charge is -2.20. The Bertz CT molecular complexity index is 1180. The van der Waals surface area contributed by atoms with Gasteiger partial charge in [-0.3, -0.25) is 9.10 Å². The van der Waals surface area contributed by atoms with E-state index in [1.54, 1.807) is 30.3 Å². The van der Waals surface area contributed by atoms with Crippen molar-refractivity contribution in [2.24, 2.45) is 0 Å². The Morgan fingerprint density at radius 1 is 1.03 bits per heavy atom. The number of anilines is 1. The summed E-state index contributed by atoms with van der Waals surface area (Å²) in [6.45, 7) is 2.27. The molecule has 3 aromatic carbocycles. The zero-order valence-electron chi connectivity index (χ0n) is 16.4. The van der Waals surface area contributed by atoms with E-state index in [9.17, 15) is 13.2 Å². The molecule has 5 nitrogen and oxygen atoms in total. The summed E-state index contributed by atoms with van der Waals surface area (Å²) in [4.78, 5) is 12.9. The number of sulfonamides is 1. The van der Waals surface area contributed by atoms with Gasteiger partial charge in [0.15, 0.2) is 0 Å². The van der Waals surface area contributed by atoms with Gasteiger partial charge in [-0.1, -0.05) is 41.9 Å². The quantitative estimate of drug-likeness (QED) is 0.631. The second-order valence-electron chi connectivity index (χ2n) is 7.23. The number of halogens is 1. The molecular formula is C23H21ClN2O3S. The molecule has 0 bridgehead atoms. The summed E-state index contributed by atoms with van der Waals surface area (Å²) in [5.41, 5.74) is 2.99. The van der Waals surface area contributed by atoms with Crippen LogP contribution in [-0.2, 0) is 16.4 Å². The zero-order valence-corrected chi connectivity index (χ0v) is 18.0. The molecule has 7 heteroatoms.